The van der Waals surface area contributed by atoms with Crippen molar-refractivity contribution in [2.45, 2.75) is 58.8 Å². The zero-order valence-corrected chi connectivity index (χ0v) is 11.2. The third kappa shape index (κ3) is 3.09. The first-order valence-electron chi connectivity index (χ1n) is 6.73. The van der Waals surface area contributed by atoms with Gasteiger partial charge < -0.3 is 0 Å². The monoisotopic (exact) mass is 254 g/mol. The number of imide groups is 2. The van der Waals surface area contributed by atoms with E-state index in [-0.39, 0.29) is 0 Å². The van der Waals surface area contributed by atoms with Crippen molar-refractivity contribution in [1.82, 2.24) is 10.6 Å². The Morgan fingerprint density at radius 1 is 0.833 bits per heavy atom. The smallest absolute Gasteiger partial charge is 0.277 e. The van der Waals surface area contributed by atoms with E-state index in [2.05, 4.69) is 17.6 Å². The van der Waals surface area contributed by atoms with Gasteiger partial charge in [-0.15, -0.1) is 0 Å². The van der Waals surface area contributed by atoms with Gasteiger partial charge in [0.25, 0.3) is 0 Å². The molecule has 18 heavy (non-hydrogen) atoms. The molecule has 0 atom stereocenters. The van der Waals surface area contributed by atoms with E-state index in [1.165, 1.54) is 0 Å². The van der Waals surface area contributed by atoms with E-state index in [9.17, 15) is 14.4 Å². The molecule has 1 fully saturated rings. The second-order valence-electron chi connectivity index (χ2n) is 4.88. The maximum absolute atomic E-state index is 12.0. The van der Waals surface area contributed by atoms with E-state index in [0.29, 0.717) is 12.8 Å². The van der Waals surface area contributed by atoms with Gasteiger partial charge >= 0.3 is 6.03 Å². The molecule has 5 nitrogen and oxygen atoms in total. The third-order valence-corrected chi connectivity index (χ3v) is 3.49. The summed E-state index contributed by atoms with van der Waals surface area (Å²) in [7, 11) is 0. The number of amides is 4. The minimum absolute atomic E-state index is 0.430. The fourth-order valence-electron chi connectivity index (χ4n) is 2.31. The van der Waals surface area contributed by atoms with Crippen molar-refractivity contribution in [3.63, 3.8) is 0 Å². The minimum atomic E-state index is -1.04. The zero-order chi connectivity index (χ0) is 13.6. The summed E-state index contributed by atoms with van der Waals surface area (Å²) in [4.78, 5) is 35.2. The largest absolute Gasteiger partial charge is 0.328 e. The van der Waals surface area contributed by atoms with Crippen LogP contribution in [0.25, 0.3) is 0 Å². The molecule has 1 rings (SSSR count). The minimum Gasteiger partial charge on any atom is -0.277 e. The predicted octanol–water partition coefficient (Wildman–Crippen LogP) is 2.11. The number of hydrogen-bond acceptors (Lipinski definition) is 3. The summed E-state index contributed by atoms with van der Waals surface area (Å²) >= 11 is 0. The van der Waals surface area contributed by atoms with Crippen LogP contribution in [-0.4, -0.2) is 17.8 Å². The van der Waals surface area contributed by atoms with Crippen molar-refractivity contribution < 1.29 is 14.4 Å². The molecule has 5 heteroatoms. The maximum Gasteiger partial charge on any atom is 0.328 e. The van der Waals surface area contributed by atoms with Crippen molar-refractivity contribution in [3.8, 4) is 0 Å². The maximum atomic E-state index is 12.0. The number of hydrogen-bond donors (Lipinski definition) is 2. The molecular formula is C13H22N2O3. The number of carbonyl (C=O) groups is 3. The molecule has 102 valence electrons. The Morgan fingerprint density at radius 3 is 1.83 bits per heavy atom. The lowest BCUT2D eigenvalue weighted by atomic mass is 9.75. The van der Waals surface area contributed by atoms with Gasteiger partial charge in [0.1, 0.15) is 5.41 Å². The summed E-state index contributed by atoms with van der Waals surface area (Å²) in [6, 6.07) is -0.701. The van der Waals surface area contributed by atoms with E-state index in [4.69, 9.17) is 0 Å². The van der Waals surface area contributed by atoms with E-state index < -0.39 is 23.3 Å². The lowest BCUT2D eigenvalue weighted by Gasteiger charge is -2.34. The van der Waals surface area contributed by atoms with Crippen LogP contribution in [0.4, 0.5) is 4.79 Å². The zero-order valence-electron chi connectivity index (χ0n) is 11.2. The van der Waals surface area contributed by atoms with Crippen molar-refractivity contribution in [3.05, 3.63) is 0 Å². The molecule has 0 aliphatic carbocycles. The average molecular weight is 254 g/mol. The normalized spacial score (nSPS) is 18.4. The van der Waals surface area contributed by atoms with Crippen LogP contribution in [0.1, 0.15) is 58.8 Å². The van der Waals surface area contributed by atoms with Gasteiger partial charge in [-0.25, -0.2) is 4.79 Å². The Morgan fingerprint density at radius 2 is 1.33 bits per heavy atom. The number of carbonyl (C=O) groups excluding carboxylic acids is 3. The molecule has 0 bridgehead atoms. The van der Waals surface area contributed by atoms with Crippen LogP contribution in [0, 0.1) is 5.41 Å². The molecule has 1 heterocycles. The summed E-state index contributed by atoms with van der Waals surface area (Å²) in [5.74, 6) is -0.860. The molecule has 2 N–H and O–H groups in total. The van der Waals surface area contributed by atoms with Crippen LogP contribution in [0.3, 0.4) is 0 Å². The number of urea groups is 1. The highest BCUT2D eigenvalue weighted by Gasteiger charge is 2.48. The Balaban J connectivity index is 2.83. The van der Waals surface area contributed by atoms with Crippen LogP contribution in [0.15, 0.2) is 0 Å². The lowest BCUT2D eigenvalue weighted by Crippen LogP contribution is -2.62. The number of unbranched alkanes of at least 4 members (excludes halogenated alkanes) is 3. The van der Waals surface area contributed by atoms with Crippen LogP contribution in [0.5, 0.6) is 0 Å². The first-order chi connectivity index (χ1) is 8.56. The molecule has 1 aliphatic rings. The molecule has 0 saturated carbocycles. The first kappa shape index (κ1) is 14.7. The van der Waals surface area contributed by atoms with Gasteiger partial charge in [-0.05, 0) is 12.8 Å². The Hall–Kier alpha value is -1.39. The Kier molecular flexibility index (Phi) is 5.31. The molecule has 0 aromatic carbocycles. The second-order valence-corrected chi connectivity index (χ2v) is 4.88. The molecular weight excluding hydrogens is 232 g/mol. The van der Waals surface area contributed by atoms with Gasteiger partial charge in [-0.2, -0.15) is 0 Å². The van der Waals surface area contributed by atoms with Gasteiger partial charge in [0.15, 0.2) is 0 Å². The molecule has 4 amide bonds. The summed E-state index contributed by atoms with van der Waals surface area (Å²) in [5, 5.41) is 4.45. The predicted molar refractivity (Wildman–Crippen MR) is 67.8 cm³/mol. The SMILES string of the molecule is CCCCCC1(CCCC)C(=O)NC(=O)NC1=O. The first-order valence-corrected chi connectivity index (χ1v) is 6.73. The Bertz CT molecular complexity index is 319. The van der Waals surface area contributed by atoms with E-state index in [1.54, 1.807) is 0 Å². The van der Waals surface area contributed by atoms with Gasteiger partial charge in [0, 0.05) is 0 Å². The highest BCUT2D eigenvalue weighted by Crippen LogP contribution is 2.33. The van der Waals surface area contributed by atoms with Crippen molar-refractivity contribution in [2.75, 3.05) is 0 Å². The van der Waals surface area contributed by atoms with E-state index in [0.717, 1.165) is 32.1 Å². The summed E-state index contributed by atoms with van der Waals surface area (Å²) in [6.07, 6.45) is 5.61. The quantitative estimate of drug-likeness (QED) is 0.539. The van der Waals surface area contributed by atoms with Crippen molar-refractivity contribution in [1.29, 1.82) is 0 Å². The van der Waals surface area contributed by atoms with Crippen molar-refractivity contribution >= 4 is 17.8 Å². The third-order valence-electron chi connectivity index (χ3n) is 3.49. The van der Waals surface area contributed by atoms with Gasteiger partial charge in [0.2, 0.25) is 11.8 Å². The van der Waals surface area contributed by atoms with Crippen LogP contribution in [0.2, 0.25) is 0 Å². The van der Waals surface area contributed by atoms with Crippen LogP contribution >= 0.6 is 0 Å². The number of barbiturate groups is 1. The highest BCUT2D eigenvalue weighted by molar-refractivity contribution is 6.19. The van der Waals surface area contributed by atoms with Crippen LogP contribution in [-0.2, 0) is 9.59 Å². The molecule has 1 aliphatic heterocycles. The molecule has 0 unspecified atom stereocenters. The molecule has 0 spiro atoms. The second kappa shape index (κ2) is 6.52. The molecule has 0 aromatic heterocycles. The highest BCUT2D eigenvalue weighted by atomic mass is 16.2. The van der Waals surface area contributed by atoms with Crippen molar-refractivity contribution in [2.24, 2.45) is 5.41 Å². The number of nitrogens with one attached hydrogen (secondary N) is 2. The standard InChI is InChI=1S/C13H22N2O3/c1-3-5-7-9-13(8-6-4-2)10(16)14-12(18)15-11(13)17/h3-9H2,1-2H3,(H2,14,15,16,17,18). The van der Waals surface area contributed by atoms with Gasteiger partial charge in [0.05, 0.1) is 0 Å². The lowest BCUT2D eigenvalue weighted by molar-refractivity contribution is -0.145. The molecule has 0 aromatic rings. The van der Waals surface area contributed by atoms with Crippen LogP contribution < -0.4 is 10.6 Å². The molecule has 1 saturated heterocycles. The van der Waals surface area contributed by atoms with Gasteiger partial charge in [-0.1, -0.05) is 46.0 Å². The average Bonchev–Trinajstić information content (AvgIpc) is 2.31. The van der Waals surface area contributed by atoms with Gasteiger partial charge in [-0.3, -0.25) is 20.2 Å². The topological polar surface area (TPSA) is 75.3 Å². The number of rotatable bonds is 7. The summed E-state index contributed by atoms with van der Waals surface area (Å²) < 4.78 is 0. The summed E-state index contributed by atoms with van der Waals surface area (Å²) in [5.41, 5.74) is -1.04. The Labute approximate surface area is 108 Å². The van der Waals surface area contributed by atoms with E-state index >= 15 is 0 Å². The fraction of sp³-hybridized carbons (Fsp3) is 0.769. The molecule has 0 radical (unpaired) electrons. The fourth-order valence-corrected chi connectivity index (χ4v) is 2.31. The summed E-state index contributed by atoms with van der Waals surface area (Å²) in [6.45, 7) is 4.09. The van der Waals surface area contributed by atoms with E-state index in [1.807, 2.05) is 6.92 Å².